The summed E-state index contributed by atoms with van der Waals surface area (Å²) in [4.78, 5) is 27.1. The number of hydrogen-bond acceptors (Lipinski definition) is 4. The lowest BCUT2D eigenvalue weighted by atomic mass is 10.2. The standard InChI is InChI=1S/C19H21N5O/c25-19-14-4-1-2-5-15(14)21-18(22-19)16-6-3-10-23(16)12-17-20-9-11-24(17)13-7-8-13/h1-2,4-5,9,11,13,16H,3,6-8,10,12H2,(H,21,22,25). The van der Waals surface area contributed by atoms with Crippen molar-refractivity contribution in [2.75, 3.05) is 6.54 Å². The van der Waals surface area contributed by atoms with Gasteiger partial charge in [0.25, 0.3) is 5.56 Å². The van der Waals surface area contributed by atoms with Gasteiger partial charge in [-0.2, -0.15) is 0 Å². The molecule has 1 atom stereocenters. The number of benzene rings is 1. The second-order valence-electron chi connectivity index (χ2n) is 7.08. The van der Waals surface area contributed by atoms with Crippen LogP contribution in [0.2, 0.25) is 0 Å². The fourth-order valence-corrected chi connectivity index (χ4v) is 3.92. The molecule has 25 heavy (non-hydrogen) atoms. The highest BCUT2D eigenvalue weighted by molar-refractivity contribution is 5.77. The summed E-state index contributed by atoms with van der Waals surface area (Å²) >= 11 is 0. The van der Waals surface area contributed by atoms with E-state index in [1.807, 2.05) is 30.5 Å². The Kier molecular flexibility index (Phi) is 3.45. The minimum absolute atomic E-state index is 0.0491. The van der Waals surface area contributed by atoms with E-state index < -0.39 is 0 Å². The maximum absolute atomic E-state index is 12.4. The van der Waals surface area contributed by atoms with Gasteiger partial charge < -0.3 is 9.55 Å². The van der Waals surface area contributed by atoms with Gasteiger partial charge in [-0.1, -0.05) is 12.1 Å². The third-order valence-corrected chi connectivity index (χ3v) is 5.34. The number of aromatic nitrogens is 4. The van der Waals surface area contributed by atoms with Crippen LogP contribution in [0.25, 0.3) is 10.9 Å². The first kappa shape index (κ1) is 14.8. The van der Waals surface area contributed by atoms with Crippen LogP contribution in [0.5, 0.6) is 0 Å². The van der Waals surface area contributed by atoms with Gasteiger partial charge in [0.15, 0.2) is 0 Å². The number of aromatic amines is 1. The first-order valence-electron chi connectivity index (χ1n) is 9.04. The van der Waals surface area contributed by atoms with Gasteiger partial charge in [-0.25, -0.2) is 9.97 Å². The molecular formula is C19H21N5O. The summed E-state index contributed by atoms with van der Waals surface area (Å²) in [5.74, 6) is 1.91. The number of rotatable bonds is 4. The Morgan fingerprint density at radius 1 is 1.20 bits per heavy atom. The summed E-state index contributed by atoms with van der Waals surface area (Å²) in [7, 11) is 0. The zero-order chi connectivity index (χ0) is 16.8. The summed E-state index contributed by atoms with van der Waals surface area (Å²) in [6.45, 7) is 1.82. The van der Waals surface area contributed by atoms with Crippen molar-refractivity contribution in [2.45, 2.75) is 44.3 Å². The molecule has 5 rings (SSSR count). The van der Waals surface area contributed by atoms with E-state index in [0.717, 1.165) is 43.1 Å². The smallest absolute Gasteiger partial charge is 0.258 e. The highest BCUT2D eigenvalue weighted by Gasteiger charge is 2.31. The molecule has 1 aliphatic heterocycles. The Bertz CT molecular complexity index is 971. The van der Waals surface area contributed by atoms with Crippen LogP contribution in [0.1, 0.15) is 49.4 Å². The Morgan fingerprint density at radius 3 is 2.96 bits per heavy atom. The lowest BCUT2D eigenvalue weighted by molar-refractivity contribution is 0.230. The number of nitrogens with one attached hydrogen (secondary N) is 1. The molecule has 0 spiro atoms. The van der Waals surface area contributed by atoms with E-state index in [2.05, 4.69) is 25.6 Å². The van der Waals surface area contributed by atoms with Gasteiger partial charge in [-0.05, 0) is 44.4 Å². The van der Waals surface area contributed by atoms with Crippen molar-refractivity contribution in [3.05, 3.63) is 58.7 Å². The molecule has 6 nitrogen and oxygen atoms in total. The molecule has 0 bridgehead atoms. The third-order valence-electron chi connectivity index (χ3n) is 5.34. The minimum Gasteiger partial charge on any atom is -0.331 e. The van der Waals surface area contributed by atoms with Crippen molar-refractivity contribution in [3.63, 3.8) is 0 Å². The topological polar surface area (TPSA) is 66.8 Å². The van der Waals surface area contributed by atoms with Crippen molar-refractivity contribution in [1.29, 1.82) is 0 Å². The number of para-hydroxylation sites is 1. The second kappa shape index (κ2) is 5.81. The molecule has 1 aliphatic carbocycles. The van der Waals surface area contributed by atoms with Gasteiger partial charge in [0.05, 0.1) is 23.5 Å². The van der Waals surface area contributed by atoms with Crippen LogP contribution in [0, 0.1) is 0 Å². The summed E-state index contributed by atoms with van der Waals surface area (Å²) in [6.07, 6.45) is 8.64. The van der Waals surface area contributed by atoms with Crippen molar-refractivity contribution in [1.82, 2.24) is 24.4 Å². The Hall–Kier alpha value is -2.47. The third kappa shape index (κ3) is 2.66. The van der Waals surface area contributed by atoms with Crippen molar-refractivity contribution >= 4 is 10.9 Å². The fraction of sp³-hybridized carbons (Fsp3) is 0.421. The summed E-state index contributed by atoms with van der Waals surface area (Å²) in [5, 5.41) is 0.653. The van der Waals surface area contributed by atoms with E-state index in [4.69, 9.17) is 4.98 Å². The Morgan fingerprint density at radius 2 is 2.08 bits per heavy atom. The second-order valence-corrected chi connectivity index (χ2v) is 7.08. The molecule has 2 fully saturated rings. The van der Waals surface area contributed by atoms with E-state index in [0.29, 0.717) is 11.4 Å². The normalized spacial score (nSPS) is 21.2. The van der Waals surface area contributed by atoms with E-state index in [-0.39, 0.29) is 11.6 Å². The molecular weight excluding hydrogens is 314 g/mol. The first-order chi connectivity index (χ1) is 12.3. The van der Waals surface area contributed by atoms with Crippen LogP contribution in [-0.2, 0) is 6.54 Å². The van der Waals surface area contributed by atoms with Crippen LogP contribution < -0.4 is 5.56 Å². The molecule has 1 saturated carbocycles. The zero-order valence-electron chi connectivity index (χ0n) is 14.1. The maximum atomic E-state index is 12.4. The van der Waals surface area contributed by atoms with E-state index >= 15 is 0 Å². The molecule has 1 unspecified atom stereocenters. The van der Waals surface area contributed by atoms with Gasteiger partial charge >= 0.3 is 0 Å². The van der Waals surface area contributed by atoms with Crippen LogP contribution in [0.15, 0.2) is 41.5 Å². The predicted molar refractivity (Wildman–Crippen MR) is 95.2 cm³/mol. The van der Waals surface area contributed by atoms with Gasteiger partial charge in [-0.3, -0.25) is 9.69 Å². The highest BCUT2D eigenvalue weighted by atomic mass is 16.1. The number of likely N-dealkylation sites (tertiary alicyclic amines) is 1. The largest absolute Gasteiger partial charge is 0.331 e. The average molecular weight is 335 g/mol. The molecule has 0 amide bonds. The van der Waals surface area contributed by atoms with Crippen molar-refractivity contribution < 1.29 is 0 Å². The summed E-state index contributed by atoms with van der Waals surface area (Å²) in [6, 6.07) is 8.33. The number of fused-ring (bicyclic) bond motifs is 1. The molecule has 6 heteroatoms. The van der Waals surface area contributed by atoms with Crippen LogP contribution in [-0.4, -0.2) is 31.0 Å². The average Bonchev–Trinajstić information content (AvgIpc) is 3.18. The maximum Gasteiger partial charge on any atom is 0.258 e. The minimum atomic E-state index is -0.0491. The quantitative estimate of drug-likeness (QED) is 0.796. The molecule has 1 aromatic carbocycles. The Balaban J connectivity index is 1.46. The zero-order valence-corrected chi connectivity index (χ0v) is 14.1. The monoisotopic (exact) mass is 335 g/mol. The number of hydrogen-bond donors (Lipinski definition) is 1. The highest BCUT2D eigenvalue weighted by Crippen LogP contribution is 2.37. The van der Waals surface area contributed by atoms with E-state index in [1.54, 1.807) is 0 Å². The van der Waals surface area contributed by atoms with Gasteiger partial charge in [-0.15, -0.1) is 0 Å². The lowest BCUT2D eigenvalue weighted by Crippen LogP contribution is -2.27. The van der Waals surface area contributed by atoms with E-state index in [1.165, 1.54) is 12.8 Å². The first-order valence-corrected chi connectivity index (χ1v) is 9.04. The molecule has 1 saturated heterocycles. The van der Waals surface area contributed by atoms with Crippen LogP contribution in [0.4, 0.5) is 0 Å². The number of H-pyrrole nitrogens is 1. The van der Waals surface area contributed by atoms with Gasteiger partial charge in [0.1, 0.15) is 11.6 Å². The Labute approximate surface area is 145 Å². The van der Waals surface area contributed by atoms with Crippen molar-refractivity contribution in [3.8, 4) is 0 Å². The van der Waals surface area contributed by atoms with Crippen molar-refractivity contribution in [2.24, 2.45) is 0 Å². The van der Waals surface area contributed by atoms with Crippen LogP contribution >= 0.6 is 0 Å². The molecule has 1 N–H and O–H groups in total. The molecule has 2 aliphatic rings. The lowest BCUT2D eigenvalue weighted by Gasteiger charge is -2.23. The number of nitrogens with zero attached hydrogens (tertiary/aromatic N) is 4. The van der Waals surface area contributed by atoms with Gasteiger partial charge in [0, 0.05) is 18.4 Å². The molecule has 2 aromatic heterocycles. The molecule has 128 valence electrons. The van der Waals surface area contributed by atoms with E-state index in [9.17, 15) is 4.79 Å². The SMILES string of the molecule is O=c1[nH]c(C2CCCN2Cc2nccn2C2CC2)nc2ccccc12. The molecule has 3 aromatic rings. The predicted octanol–water partition coefficient (Wildman–Crippen LogP) is 2.79. The summed E-state index contributed by atoms with van der Waals surface area (Å²) < 4.78 is 2.31. The van der Waals surface area contributed by atoms with Crippen LogP contribution in [0.3, 0.4) is 0 Å². The van der Waals surface area contributed by atoms with Gasteiger partial charge in [0.2, 0.25) is 0 Å². The summed E-state index contributed by atoms with van der Waals surface area (Å²) in [5.41, 5.74) is 0.722. The number of imidazole rings is 1. The fourth-order valence-electron chi connectivity index (χ4n) is 3.92. The molecule has 0 radical (unpaired) electrons. The molecule has 3 heterocycles.